The molecule has 1 fully saturated rings. The number of nitrogens with zero attached hydrogens (tertiary/aromatic N) is 2. The van der Waals surface area contributed by atoms with Crippen molar-refractivity contribution in [2.45, 2.75) is 37.3 Å². The van der Waals surface area contributed by atoms with Gasteiger partial charge in [-0.15, -0.1) is 0 Å². The summed E-state index contributed by atoms with van der Waals surface area (Å²) < 4.78 is 1.73. The first kappa shape index (κ1) is 20.4. The van der Waals surface area contributed by atoms with Crippen molar-refractivity contribution in [2.24, 2.45) is 5.92 Å². The summed E-state index contributed by atoms with van der Waals surface area (Å²) in [7, 11) is 0. The topological polar surface area (TPSA) is 64.0 Å². The van der Waals surface area contributed by atoms with Crippen LogP contribution < -0.4 is 5.32 Å². The quantitative estimate of drug-likeness (QED) is 0.536. The molecule has 3 aromatic rings. The maximum Gasteiger partial charge on any atom is 0.236 e. The molecule has 1 heterocycles. The summed E-state index contributed by atoms with van der Waals surface area (Å²) in [4.78, 5) is 30.3. The van der Waals surface area contributed by atoms with Crippen molar-refractivity contribution >= 4 is 29.3 Å². The number of nitrogens with one attached hydrogen (secondary N) is 1. The predicted octanol–water partition coefficient (Wildman–Crippen LogP) is 5.50. The van der Waals surface area contributed by atoms with Gasteiger partial charge in [0.05, 0.1) is 17.6 Å². The lowest BCUT2D eigenvalue weighted by atomic mass is 9.88. The van der Waals surface area contributed by atoms with Gasteiger partial charge in [0.15, 0.2) is 5.16 Å². The van der Waals surface area contributed by atoms with Crippen LogP contribution >= 0.6 is 11.8 Å². The van der Waals surface area contributed by atoms with Gasteiger partial charge >= 0.3 is 0 Å². The number of hydrogen-bond donors (Lipinski definition) is 1. The van der Waals surface area contributed by atoms with E-state index in [2.05, 4.69) is 10.3 Å². The summed E-state index contributed by atoms with van der Waals surface area (Å²) >= 11 is 1.30. The van der Waals surface area contributed by atoms with Crippen molar-refractivity contribution < 1.29 is 9.59 Å². The van der Waals surface area contributed by atoms with Gasteiger partial charge in [0.2, 0.25) is 11.8 Å². The SMILES string of the molecule is O=C(CSc1ncc(-c2ccccc2)n1C(=O)C1CCCCC1)Nc1ccccc1. The van der Waals surface area contributed by atoms with Gasteiger partial charge in [-0.25, -0.2) is 4.98 Å². The molecule has 1 N–H and O–H groups in total. The molecule has 0 atom stereocenters. The zero-order valence-corrected chi connectivity index (χ0v) is 17.6. The zero-order chi connectivity index (χ0) is 20.8. The molecule has 1 amide bonds. The number of hydrogen-bond acceptors (Lipinski definition) is 4. The van der Waals surface area contributed by atoms with Crippen LogP contribution in [0.4, 0.5) is 5.69 Å². The molecule has 154 valence electrons. The maximum atomic E-state index is 13.4. The van der Waals surface area contributed by atoms with Gasteiger partial charge in [-0.1, -0.05) is 79.6 Å². The Kier molecular flexibility index (Phi) is 6.64. The number of benzene rings is 2. The molecular weight excluding hydrogens is 394 g/mol. The van der Waals surface area contributed by atoms with Crippen molar-refractivity contribution in [2.75, 3.05) is 11.1 Å². The molecule has 0 spiro atoms. The van der Waals surface area contributed by atoms with Crippen LogP contribution in [-0.2, 0) is 4.79 Å². The van der Waals surface area contributed by atoms with Crippen LogP contribution in [0.2, 0.25) is 0 Å². The fourth-order valence-corrected chi connectivity index (χ4v) is 4.62. The minimum absolute atomic E-state index is 0.0212. The summed E-state index contributed by atoms with van der Waals surface area (Å²) in [6, 6.07) is 19.2. The molecule has 5 nitrogen and oxygen atoms in total. The summed E-state index contributed by atoms with van der Waals surface area (Å²) in [6.07, 6.45) is 6.96. The van der Waals surface area contributed by atoms with Crippen LogP contribution in [0.15, 0.2) is 72.0 Å². The highest BCUT2D eigenvalue weighted by atomic mass is 32.2. The molecule has 30 heavy (non-hydrogen) atoms. The highest BCUT2D eigenvalue weighted by Gasteiger charge is 2.27. The van der Waals surface area contributed by atoms with Gasteiger partial charge in [-0.05, 0) is 25.0 Å². The molecule has 1 aliphatic rings. The van der Waals surface area contributed by atoms with E-state index in [4.69, 9.17) is 0 Å². The highest BCUT2D eigenvalue weighted by molar-refractivity contribution is 7.99. The fourth-order valence-electron chi connectivity index (χ4n) is 3.84. The Labute approximate surface area is 180 Å². The molecule has 0 saturated heterocycles. The molecule has 6 heteroatoms. The second kappa shape index (κ2) is 9.76. The molecule has 2 aromatic carbocycles. The molecule has 1 saturated carbocycles. The van der Waals surface area contributed by atoms with Gasteiger partial charge in [-0.2, -0.15) is 0 Å². The fraction of sp³-hybridized carbons (Fsp3) is 0.292. The summed E-state index contributed by atoms with van der Waals surface area (Å²) in [5.41, 5.74) is 2.50. The second-order valence-corrected chi connectivity index (χ2v) is 8.45. The first-order chi connectivity index (χ1) is 14.7. The Morgan fingerprint density at radius 2 is 1.63 bits per heavy atom. The Hall–Kier alpha value is -2.86. The number of rotatable bonds is 6. The van der Waals surface area contributed by atoms with Gasteiger partial charge in [0.1, 0.15) is 0 Å². The first-order valence-electron chi connectivity index (χ1n) is 10.4. The van der Waals surface area contributed by atoms with Crippen LogP contribution in [0.1, 0.15) is 36.9 Å². The lowest BCUT2D eigenvalue weighted by Gasteiger charge is -2.22. The summed E-state index contributed by atoms with van der Waals surface area (Å²) in [6.45, 7) is 0. The standard InChI is InChI=1S/C24H25N3O2S/c28-22(26-20-14-8-3-9-15-20)17-30-24-25-16-21(18-10-4-1-5-11-18)27(24)23(29)19-12-6-2-7-13-19/h1,3-5,8-11,14-16,19H,2,6-7,12-13,17H2,(H,26,28). The van der Waals surface area contributed by atoms with Gasteiger partial charge in [-0.3, -0.25) is 14.2 Å². The number of para-hydroxylation sites is 1. The summed E-state index contributed by atoms with van der Waals surface area (Å²) in [5, 5.41) is 3.46. The number of carbonyl (C=O) groups is 2. The number of imidazole rings is 1. The lowest BCUT2D eigenvalue weighted by molar-refractivity contribution is -0.113. The number of thioether (sulfide) groups is 1. The molecule has 1 aromatic heterocycles. The maximum absolute atomic E-state index is 13.4. The van der Waals surface area contributed by atoms with Crippen molar-refractivity contribution in [3.05, 3.63) is 66.9 Å². The van der Waals surface area contributed by atoms with Crippen molar-refractivity contribution in [3.63, 3.8) is 0 Å². The van der Waals surface area contributed by atoms with Crippen LogP contribution in [0.5, 0.6) is 0 Å². The smallest absolute Gasteiger partial charge is 0.236 e. The first-order valence-corrected chi connectivity index (χ1v) is 11.4. The predicted molar refractivity (Wildman–Crippen MR) is 121 cm³/mol. The molecule has 4 rings (SSSR count). The van der Waals surface area contributed by atoms with Crippen LogP contribution in [0, 0.1) is 5.92 Å². The zero-order valence-electron chi connectivity index (χ0n) is 16.8. The van der Waals surface area contributed by atoms with E-state index in [-0.39, 0.29) is 23.5 Å². The molecular formula is C24H25N3O2S. The molecule has 1 aliphatic carbocycles. The van der Waals surface area contributed by atoms with Crippen molar-refractivity contribution in [3.8, 4) is 11.3 Å². The Bertz CT molecular complexity index is 996. The van der Waals surface area contributed by atoms with E-state index < -0.39 is 0 Å². The third-order valence-electron chi connectivity index (χ3n) is 5.36. The van der Waals surface area contributed by atoms with Gasteiger partial charge < -0.3 is 5.32 Å². The number of carbonyl (C=O) groups excluding carboxylic acids is 2. The van der Waals surface area contributed by atoms with E-state index in [9.17, 15) is 9.59 Å². The third kappa shape index (κ3) is 4.82. The Balaban J connectivity index is 1.55. The van der Waals surface area contributed by atoms with Crippen LogP contribution in [0.25, 0.3) is 11.3 Å². The minimum atomic E-state index is -0.118. The molecule has 0 radical (unpaired) electrons. The van der Waals surface area contributed by atoms with E-state index >= 15 is 0 Å². The van der Waals surface area contributed by atoms with E-state index in [1.165, 1.54) is 18.2 Å². The molecule has 0 aliphatic heterocycles. The van der Waals surface area contributed by atoms with Crippen molar-refractivity contribution in [1.29, 1.82) is 0 Å². The average molecular weight is 420 g/mol. The van der Waals surface area contributed by atoms with E-state index in [1.807, 2.05) is 60.7 Å². The summed E-state index contributed by atoms with van der Waals surface area (Å²) in [5.74, 6) is 0.190. The highest BCUT2D eigenvalue weighted by Crippen LogP contribution is 2.31. The van der Waals surface area contributed by atoms with E-state index in [1.54, 1.807) is 10.8 Å². The molecule has 0 bridgehead atoms. The largest absolute Gasteiger partial charge is 0.325 e. The van der Waals surface area contributed by atoms with Gasteiger partial charge in [0, 0.05) is 17.2 Å². The third-order valence-corrected chi connectivity index (χ3v) is 6.32. The number of anilines is 1. The average Bonchev–Trinajstić information content (AvgIpc) is 3.23. The normalized spacial score (nSPS) is 14.4. The van der Waals surface area contributed by atoms with Gasteiger partial charge in [0.25, 0.3) is 0 Å². The Morgan fingerprint density at radius 1 is 0.967 bits per heavy atom. The number of amides is 1. The van der Waals surface area contributed by atoms with E-state index in [0.29, 0.717) is 5.16 Å². The monoisotopic (exact) mass is 419 g/mol. The second-order valence-electron chi connectivity index (χ2n) is 7.50. The van der Waals surface area contributed by atoms with Crippen molar-refractivity contribution in [1.82, 2.24) is 9.55 Å². The van der Waals surface area contributed by atoms with Crippen LogP contribution in [-0.4, -0.2) is 27.1 Å². The molecule has 0 unspecified atom stereocenters. The number of aromatic nitrogens is 2. The van der Waals surface area contributed by atoms with E-state index in [0.717, 1.165) is 42.6 Å². The van der Waals surface area contributed by atoms with Crippen LogP contribution in [0.3, 0.4) is 0 Å². The Morgan fingerprint density at radius 3 is 2.33 bits per heavy atom. The lowest BCUT2D eigenvalue weighted by Crippen LogP contribution is -2.25. The minimum Gasteiger partial charge on any atom is -0.325 e.